The molecule has 0 fully saturated rings. The molecule has 1 aromatic heterocycles. The van der Waals surface area contributed by atoms with Crippen molar-refractivity contribution >= 4 is 26.7 Å². The SMILES string of the molecule is CC(C)(O)c1cn(-c2ccc(Br)c3ccccc23)nn1. The molecule has 0 aliphatic rings. The molecule has 0 amide bonds. The van der Waals surface area contributed by atoms with Gasteiger partial charge in [0.15, 0.2) is 0 Å². The lowest BCUT2D eigenvalue weighted by molar-refractivity contribution is 0.0737. The molecule has 3 aromatic rings. The van der Waals surface area contributed by atoms with Gasteiger partial charge in [-0.25, -0.2) is 4.68 Å². The smallest absolute Gasteiger partial charge is 0.114 e. The predicted octanol–water partition coefficient (Wildman–Crippen LogP) is 3.41. The summed E-state index contributed by atoms with van der Waals surface area (Å²) in [5, 5.41) is 20.3. The Hall–Kier alpha value is -1.72. The fourth-order valence-electron chi connectivity index (χ4n) is 2.11. The third-order valence-corrected chi connectivity index (χ3v) is 3.91. The van der Waals surface area contributed by atoms with Crippen LogP contribution in [-0.4, -0.2) is 20.1 Å². The Kier molecular flexibility index (Phi) is 3.11. The van der Waals surface area contributed by atoms with E-state index in [-0.39, 0.29) is 0 Å². The van der Waals surface area contributed by atoms with E-state index in [9.17, 15) is 5.11 Å². The second-order valence-corrected chi connectivity index (χ2v) is 6.07. The maximum atomic E-state index is 9.98. The Morgan fingerprint density at radius 2 is 1.80 bits per heavy atom. The molecule has 1 N–H and O–H groups in total. The second kappa shape index (κ2) is 4.68. The van der Waals surface area contributed by atoms with Crippen LogP contribution in [0.3, 0.4) is 0 Å². The number of nitrogens with zero attached hydrogens (tertiary/aromatic N) is 3. The molecule has 4 nitrogen and oxygen atoms in total. The molecule has 0 aliphatic carbocycles. The van der Waals surface area contributed by atoms with E-state index in [0.717, 1.165) is 20.9 Å². The molecule has 0 radical (unpaired) electrons. The van der Waals surface area contributed by atoms with Crippen LogP contribution in [0.15, 0.2) is 47.1 Å². The van der Waals surface area contributed by atoms with Crippen LogP contribution in [0.2, 0.25) is 0 Å². The Morgan fingerprint density at radius 3 is 2.45 bits per heavy atom. The van der Waals surface area contributed by atoms with Crippen LogP contribution in [-0.2, 0) is 5.60 Å². The normalized spacial score (nSPS) is 12.0. The molecule has 0 unspecified atom stereocenters. The molecule has 2 aromatic carbocycles. The van der Waals surface area contributed by atoms with E-state index in [2.05, 4.69) is 32.3 Å². The van der Waals surface area contributed by atoms with Gasteiger partial charge in [-0.05, 0) is 31.4 Å². The zero-order valence-corrected chi connectivity index (χ0v) is 12.8. The Balaban J connectivity index is 2.20. The van der Waals surface area contributed by atoms with Crippen molar-refractivity contribution < 1.29 is 5.11 Å². The van der Waals surface area contributed by atoms with Gasteiger partial charge in [0.25, 0.3) is 0 Å². The number of hydrogen-bond acceptors (Lipinski definition) is 3. The third kappa shape index (κ3) is 2.23. The maximum absolute atomic E-state index is 9.98. The van der Waals surface area contributed by atoms with Crippen LogP contribution in [0, 0.1) is 0 Å². The average molecular weight is 332 g/mol. The van der Waals surface area contributed by atoms with Crippen molar-refractivity contribution in [1.29, 1.82) is 0 Å². The van der Waals surface area contributed by atoms with Crippen molar-refractivity contribution in [2.45, 2.75) is 19.4 Å². The van der Waals surface area contributed by atoms with Crippen molar-refractivity contribution in [2.75, 3.05) is 0 Å². The van der Waals surface area contributed by atoms with Gasteiger partial charge in [0.1, 0.15) is 11.3 Å². The van der Waals surface area contributed by atoms with Crippen molar-refractivity contribution in [3.8, 4) is 5.69 Å². The van der Waals surface area contributed by atoms with E-state index in [4.69, 9.17) is 0 Å². The van der Waals surface area contributed by atoms with Crippen LogP contribution >= 0.6 is 15.9 Å². The Labute approximate surface area is 125 Å². The molecule has 1 heterocycles. The molecule has 20 heavy (non-hydrogen) atoms. The van der Waals surface area contributed by atoms with Crippen LogP contribution < -0.4 is 0 Å². The molecule has 3 rings (SSSR count). The molecule has 0 aliphatic heterocycles. The number of aliphatic hydroxyl groups is 1. The number of rotatable bonds is 2. The van der Waals surface area contributed by atoms with E-state index in [1.165, 1.54) is 0 Å². The van der Waals surface area contributed by atoms with Crippen molar-refractivity contribution in [2.24, 2.45) is 0 Å². The molecule has 0 atom stereocenters. The first-order valence-corrected chi connectivity index (χ1v) is 7.09. The first-order chi connectivity index (χ1) is 9.47. The van der Waals surface area contributed by atoms with Gasteiger partial charge in [-0.15, -0.1) is 5.10 Å². The number of fused-ring (bicyclic) bond motifs is 1. The van der Waals surface area contributed by atoms with Crippen LogP contribution in [0.4, 0.5) is 0 Å². The lowest BCUT2D eigenvalue weighted by Crippen LogP contribution is -2.15. The van der Waals surface area contributed by atoms with Gasteiger partial charge >= 0.3 is 0 Å². The number of hydrogen-bond donors (Lipinski definition) is 1. The molecule has 0 spiro atoms. The van der Waals surface area contributed by atoms with E-state index in [0.29, 0.717) is 5.69 Å². The third-order valence-electron chi connectivity index (χ3n) is 3.21. The van der Waals surface area contributed by atoms with Crippen LogP contribution in [0.1, 0.15) is 19.5 Å². The van der Waals surface area contributed by atoms with Gasteiger partial charge in [-0.2, -0.15) is 0 Å². The summed E-state index contributed by atoms with van der Waals surface area (Å²) in [5.74, 6) is 0. The highest BCUT2D eigenvalue weighted by Gasteiger charge is 2.20. The minimum Gasteiger partial charge on any atom is -0.384 e. The van der Waals surface area contributed by atoms with Crippen molar-refractivity contribution in [3.63, 3.8) is 0 Å². The summed E-state index contributed by atoms with van der Waals surface area (Å²) in [7, 11) is 0. The monoisotopic (exact) mass is 331 g/mol. The Morgan fingerprint density at radius 1 is 1.10 bits per heavy atom. The molecule has 0 saturated heterocycles. The molecule has 0 saturated carbocycles. The standard InChI is InChI=1S/C15H14BrN3O/c1-15(2,20)14-9-19(18-17-14)13-8-7-12(16)10-5-3-4-6-11(10)13/h3-9,20H,1-2H3. The van der Waals surface area contributed by atoms with E-state index < -0.39 is 5.60 Å². The highest BCUT2D eigenvalue weighted by atomic mass is 79.9. The molecular weight excluding hydrogens is 318 g/mol. The summed E-state index contributed by atoms with van der Waals surface area (Å²) in [6.07, 6.45) is 1.76. The lowest BCUT2D eigenvalue weighted by Gasteiger charge is -2.12. The topological polar surface area (TPSA) is 50.9 Å². The molecular formula is C15H14BrN3O. The summed E-state index contributed by atoms with van der Waals surface area (Å²) >= 11 is 3.56. The fraction of sp³-hybridized carbons (Fsp3) is 0.200. The number of aromatic nitrogens is 3. The summed E-state index contributed by atoms with van der Waals surface area (Å²) in [6, 6.07) is 12.1. The van der Waals surface area contributed by atoms with Gasteiger partial charge in [-0.1, -0.05) is 45.4 Å². The van der Waals surface area contributed by atoms with Crippen molar-refractivity contribution in [1.82, 2.24) is 15.0 Å². The summed E-state index contributed by atoms with van der Waals surface area (Å²) in [5.41, 5.74) is 0.486. The maximum Gasteiger partial charge on any atom is 0.114 e. The first kappa shape index (κ1) is 13.3. The van der Waals surface area contributed by atoms with E-state index in [1.54, 1.807) is 24.7 Å². The summed E-state index contributed by atoms with van der Waals surface area (Å²) < 4.78 is 2.74. The molecule has 5 heteroatoms. The summed E-state index contributed by atoms with van der Waals surface area (Å²) in [6.45, 7) is 3.39. The zero-order chi connectivity index (χ0) is 14.3. The highest BCUT2D eigenvalue weighted by Crippen LogP contribution is 2.29. The second-order valence-electron chi connectivity index (χ2n) is 5.22. The number of halogens is 1. The van der Waals surface area contributed by atoms with Gasteiger partial charge in [0.2, 0.25) is 0 Å². The van der Waals surface area contributed by atoms with Gasteiger partial charge in [0.05, 0.1) is 11.9 Å². The minimum atomic E-state index is -0.997. The molecule has 102 valence electrons. The predicted molar refractivity (Wildman–Crippen MR) is 81.8 cm³/mol. The van der Waals surface area contributed by atoms with Crippen LogP contribution in [0.25, 0.3) is 16.5 Å². The first-order valence-electron chi connectivity index (χ1n) is 6.29. The quantitative estimate of drug-likeness (QED) is 0.782. The van der Waals surface area contributed by atoms with Gasteiger partial charge < -0.3 is 5.11 Å². The minimum absolute atomic E-state index is 0.546. The van der Waals surface area contributed by atoms with E-state index in [1.807, 2.05) is 30.3 Å². The largest absolute Gasteiger partial charge is 0.384 e. The fourth-order valence-corrected chi connectivity index (χ4v) is 2.59. The average Bonchev–Trinajstić information content (AvgIpc) is 2.89. The molecule has 0 bridgehead atoms. The Bertz CT molecular complexity index is 774. The van der Waals surface area contributed by atoms with Gasteiger partial charge in [0, 0.05) is 9.86 Å². The highest BCUT2D eigenvalue weighted by molar-refractivity contribution is 9.10. The zero-order valence-electron chi connectivity index (χ0n) is 11.2. The van der Waals surface area contributed by atoms with E-state index >= 15 is 0 Å². The van der Waals surface area contributed by atoms with Crippen molar-refractivity contribution in [3.05, 3.63) is 52.8 Å². The van der Waals surface area contributed by atoms with Gasteiger partial charge in [-0.3, -0.25) is 0 Å². The number of benzene rings is 2. The lowest BCUT2D eigenvalue weighted by atomic mass is 10.1. The van der Waals surface area contributed by atoms with Crippen LogP contribution in [0.5, 0.6) is 0 Å². The summed E-state index contributed by atoms with van der Waals surface area (Å²) in [4.78, 5) is 0.